The molecule has 0 fully saturated rings. The van der Waals surface area contributed by atoms with Crippen LogP contribution >= 0.6 is 15.9 Å². The van der Waals surface area contributed by atoms with Crippen molar-refractivity contribution in [1.82, 2.24) is 5.32 Å². The van der Waals surface area contributed by atoms with E-state index >= 15 is 0 Å². The molecule has 1 rings (SSSR count). The number of hydrogen-bond donors (Lipinski definition) is 3. The van der Waals surface area contributed by atoms with Crippen LogP contribution in [-0.4, -0.2) is 38.5 Å². The lowest BCUT2D eigenvalue weighted by molar-refractivity contribution is -0.385. The van der Waals surface area contributed by atoms with Gasteiger partial charge in [0.15, 0.2) is 0 Å². The van der Waals surface area contributed by atoms with Gasteiger partial charge in [-0.25, -0.2) is 9.59 Å². The number of hydrogen-bond acceptors (Lipinski definition) is 5. The predicted octanol–water partition coefficient (Wildman–Crippen LogP) is 0.944. The summed E-state index contributed by atoms with van der Waals surface area (Å²) < 4.78 is 0.374. The molecule has 0 aliphatic rings. The molecule has 0 saturated heterocycles. The van der Waals surface area contributed by atoms with Gasteiger partial charge in [0.1, 0.15) is 0 Å². The summed E-state index contributed by atoms with van der Waals surface area (Å²) in [5.74, 6) is -4.54. The average molecular weight is 375 g/mol. The Balaban J connectivity index is 3.43. The molecule has 0 heterocycles. The van der Waals surface area contributed by atoms with Crippen LogP contribution in [0.2, 0.25) is 0 Å². The highest BCUT2D eigenvalue weighted by molar-refractivity contribution is 9.10. The molecule has 0 aliphatic heterocycles. The predicted molar refractivity (Wildman–Crippen MR) is 76.3 cm³/mol. The smallest absolute Gasteiger partial charge is 0.341 e. The lowest BCUT2D eigenvalue weighted by Gasteiger charge is -2.25. The number of carbonyl (C=O) groups is 3. The zero-order valence-corrected chi connectivity index (χ0v) is 12.8. The largest absolute Gasteiger partial charge is 0.479 e. The molecule has 22 heavy (non-hydrogen) atoms. The number of nitro benzene ring substituents is 1. The average Bonchev–Trinajstić information content (AvgIpc) is 2.38. The van der Waals surface area contributed by atoms with Crippen molar-refractivity contribution in [3.8, 4) is 0 Å². The van der Waals surface area contributed by atoms with Gasteiger partial charge in [0.05, 0.1) is 4.92 Å². The minimum absolute atomic E-state index is 0.133. The van der Waals surface area contributed by atoms with E-state index in [-0.39, 0.29) is 5.56 Å². The van der Waals surface area contributed by atoms with Crippen LogP contribution in [0.3, 0.4) is 0 Å². The van der Waals surface area contributed by atoms with Crippen LogP contribution in [0.1, 0.15) is 12.5 Å². The number of benzene rings is 1. The standard InChI is InChI=1S/C12H11BrN2O7/c1-6(16)14-12(10(17)18,11(19)20)5-7-2-3-8(13)4-9(7)15(21)22/h2-4H,5H2,1H3,(H,14,16)(H,17,18)(H,19,20). The van der Waals surface area contributed by atoms with Gasteiger partial charge >= 0.3 is 11.9 Å². The molecule has 0 unspecified atom stereocenters. The monoisotopic (exact) mass is 374 g/mol. The number of nitrogens with one attached hydrogen (secondary N) is 1. The Bertz CT molecular complexity index is 645. The Kier molecular flexibility index (Phi) is 5.20. The first kappa shape index (κ1) is 17.6. The molecule has 0 radical (unpaired) electrons. The summed E-state index contributed by atoms with van der Waals surface area (Å²) in [5.41, 5.74) is -3.27. The zero-order valence-electron chi connectivity index (χ0n) is 11.2. The lowest BCUT2D eigenvalue weighted by Crippen LogP contribution is -2.61. The summed E-state index contributed by atoms with van der Waals surface area (Å²) in [5, 5.41) is 31.3. The second-order valence-corrected chi connectivity index (χ2v) is 5.32. The highest BCUT2D eigenvalue weighted by atomic mass is 79.9. The van der Waals surface area contributed by atoms with Gasteiger partial charge in [0, 0.05) is 29.4 Å². The van der Waals surface area contributed by atoms with E-state index in [2.05, 4.69) is 15.9 Å². The Labute approximate surface area is 132 Å². The van der Waals surface area contributed by atoms with E-state index < -0.39 is 40.4 Å². The molecule has 0 spiro atoms. The molecule has 1 aromatic carbocycles. The maximum Gasteiger partial charge on any atom is 0.341 e. The van der Waals surface area contributed by atoms with Gasteiger partial charge < -0.3 is 15.5 Å². The van der Waals surface area contributed by atoms with Crippen LogP contribution in [0.5, 0.6) is 0 Å². The first-order valence-electron chi connectivity index (χ1n) is 5.78. The second-order valence-electron chi connectivity index (χ2n) is 4.40. The fourth-order valence-corrected chi connectivity index (χ4v) is 2.19. The number of rotatable bonds is 6. The van der Waals surface area contributed by atoms with Crippen molar-refractivity contribution in [2.45, 2.75) is 18.9 Å². The van der Waals surface area contributed by atoms with Crippen molar-refractivity contribution in [2.75, 3.05) is 0 Å². The van der Waals surface area contributed by atoms with Gasteiger partial charge in [0.2, 0.25) is 11.4 Å². The number of nitrogens with zero attached hydrogens (tertiary/aromatic N) is 1. The number of halogens is 1. The normalized spacial score (nSPS) is 10.8. The minimum Gasteiger partial charge on any atom is -0.479 e. The molecule has 1 amide bonds. The second kappa shape index (κ2) is 6.52. The fraction of sp³-hybridized carbons (Fsp3) is 0.250. The highest BCUT2D eigenvalue weighted by Crippen LogP contribution is 2.27. The fourth-order valence-electron chi connectivity index (χ4n) is 1.84. The number of carbonyl (C=O) groups excluding carboxylic acids is 1. The van der Waals surface area contributed by atoms with Crippen LogP contribution in [0.15, 0.2) is 22.7 Å². The van der Waals surface area contributed by atoms with Gasteiger partial charge in [-0.1, -0.05) is 22.0 Å². The van der Waals surface area contributed by atoms with Gasteiger partial charge in [0.25, 0.3) is 5.69 Å². The van der Waals surface area contributed by atoms with Crippen molar-refractivity contribution in [2.24, 2.45) is 0 Å². The molecule has 0 atom stereocenters. The van der Waals surface area contributed by atoms with E-state index in [1.165, 1.54) is 12.1 Å². The van der Waals surface area contributed by atoms with Crippen LogP contribution in [0.25, 0.3) is 0 Å². The van der Waals surface area contributed by atoms with Crippen molar-refractivity contribution < 1.29 is 29.5 Å². The summed E-state index contributed by atoms with van der Waals surface area (Å²) >= 11 is 3.04. The molecule has 118 valence electrons. The number of aliphatic carboxylic acids is 2. The summed E-state index contributed by atoms with van der Waals surface area (Å²) in [6.45, 7) is 0.955. The quantitative estimate of drug-likeness (QED) is 0.381. The van der Waals surface area contributed by atoms with Crippen LogP contribution < -0.4 is 5.32 Å². The molecule has 0 saturated carbocycles. The summed E-state index contributed by atoms with van der Waals surface area (Å²) in [6, 6.07) is 3.76. The molecular formula is C12H11BrN2O7. The molecule has 0 bridgehead atoms. The third-order valence-electron chi connectivity index (χ3n) is 2.82. The third kappa shape index (κ3) is 3.58. The van der Waals surface area contributed by atoms with Crippen LogP contribution in [-0.2, 0) is 20.8 Å². The number of nitro groups is 1. The molecule has 10 heteroatoms. The van der Waals surface area contributed by atoms with E-state index in [1.807, 2.05) is 5.32 Å². The van der Waals surface area contributed by atoms with Gasteiger partial charge in [-0.3, -0.25) is 14.9 Å². The maximum atomic E-state index is 11.4. The van der Waals surface area contributed by atoms with Crippen molar-refractivity contribution in [1.29, 1.82) is 0 Å². The van der Waals surface area contributed by atoms with Crippen molar-refractivity contribution in [3.05, 3.63) is 38.3 Å². The van der Waals surface area contributed by atoms with E-state index in [9.17, 15) is 34.7 Å². The summed E-state index contributed by atoms with van der Waals surface area (Å²) in [4.78, 5) is 44.2. The lowest BCUT2D eigenvalue weighted by atomic mass is 9.90. The molecule has 3 N–H and O–H groups in total. The number of carboxylic acids is 2. The number of carboxylic acid groups (broad SMARTS) is 2. The van der Waals surface area contributed by atoms with Gasteiger partial charge in [-0.2, -0.15) is 0 Å². The van der Waals surface area contributed by atoms with Crippen LogP contribution in [0.4, 0.5) is 5.69 Å². The van der Waals surface area contributed by atoms with E-state index in [0.29, 0.717) is 4.47 Å². The first-order valence-corrected chi connectivity index (χ1v) is 6.58. The Morgan fingerprint density at radius 3 is 2.27 bits per heavy atom. The SMILES string of the molecule is CC(=O)NC(Cc1ccc(Br)cc1[N+](=O)[O-])(C(=O)O)C(=O)O. The zero-order chi connectivity index (χ0) is 17.1. The molecule has 0 aromatic heterocycles. The van der Waals surface area contributed by atoms with Crippen molar-refractivity contribution in [3.63, 3.8) is 0 Å². The molecule has 9 nitrogen and oxygen atoms in total. The van der Waals surface area contributed by atoms with Gasteiger partial charge in [-0.05, 0) is 6.07 Å². The van der Waals surface area contributed by atoms with Crippen molar-refractivity contribution >= 4 is 39.5 Å². The van der Waals surface area contributed by atoms with E-state index in [1.54, 1.807) is 0 Å². The summed E-state index contributed by atoms with van der Waals surface area (Å²) in [6.07, 6.45) is -0.777. The molecular weight excluding hydrogens is 364 g/mol. The maximum absolute atomic E-state index is 11.4. The minimum atomic E-state index is -2.69. The highest BCUT2D eigenvalue weighted by Gasteiger charge is 2.48. The topological polar surface area (TPSA) is 147 Å². The first-order chi connectivity index (χ1) is 10.1. The van der Waals surface area contributed by atoms with E-state index in [4.69, 9.17) is 0 Å². The third-order valence-corrected chi connectivity index (χ3v) is 3.31. The van der Waals surface area contributed by atoms with E-state index in [0.717, 1.165) is 13.0 Å². The van der Waals surface area contributed by atoms with Crippen LogP contribution in [0, 0.1) is 10.1 Å². The Morgan fingerprint density at radius 1 is 1.32 bits per heavy atom. The number of amides is 1. The molecule has 1 aromatic rings. The van der Waals surface area contributed by atoms with Gasteiger partial charge in [-0.15, -0.1) is 0 Å². The Morgan fingerprint density at radius 2 is 1.86 bits per heavy atom. The summed E-state index contributed by atoms with van der Waals surface area (Å²) in [7, 11) is 0. The Hall–Kier alpha value is -2.49. The molecule has 0 aliphatic carbocycles.